The van der Waals surface area contributed by atoms with E-state index in [9.17, 15) is 9.90 Å². The number of hydrogen-bond acceptors (Lipinski definition) is 7. The van der Waals surface area contributed by atoms with E-state index >= 15 is 0 Å². The van der Waals surface area contributed by atoms with Gasteiger partial charge in [-0.15, -0.1) is 16.8 Å². The molecule has 1 atom stereocenters. The van der Waals surface area contributed by atoms with E-state index in [4.69, 9.17) is 11.6 Å². The third kappa shape index (κ3) is 6.05. The van der Waals surface area contributed by atoms with Crippen molar-refractivity contribution in [3.63, 3.8) is 0 Å². The Kier molecular flexibility index (Phi) is 8.24. The Bertz CT molecular complexity index is 1400. The smallest absolute Gasteiger partial charge is 0.253 e. The molecular formula is C26H25ClN6O2S. The summed E-state index contributed by atoms with van der Waals surface area (Å²) in [4.78, 5) is 12.7. The van der Waals surface area contributed by atoms with Crippen molar-refractivity contribution in [2.45, 2.75) is 30.4 Å². The van der Waals surface area contributed by atoms with E-state index in [-0.39, 0.29) is 11.7 Å². The Labute approximate surface area is 218 Å². The molecule has 3 N–H and O–H groups in total. The molecule has 1 amide bonds. The number of allylic oxidation sites excluding steroid dienone is 1. The lowest BCUT2D eigenvalue weighted by Crippen LogP contribution is -2.27. The third-order valence-corrected chi connectivity index (χ3v) is 6.70. The zero-order valence-electron chi connectivity index (χ0n) is 19.6. The Morgan fingerprint density at radius 2 is 1.97 bits per heavy atom. The first kappa shape index (κ1) is 25.3. The van der Waals surface area contributed by atoms with Gasteiger partial charge in [-0.25, -0.2) is 5.43 Å². The maximum atomic E-state index is 12.7. The number of hydrogen-bond donors (Lipinski definition) is 3. The molecule has 0 spiro atoms. The van der Waals surface area contributed by atoms with Gasteiger partial charge in [0.15, 0.2) is 11.0 Å². The summed E-state index contributed by atoms with van der Waals surface area (Å²) in [5.41, 5.74) is 4.00. The minimum atomic E-state index is -0.492. The lowest BCUT2D eigenvalue weighted by atomic mass is 10.0. The van der Waals surface area contributed by atoms with E-state index in [1.165, 1.54) is 18.0 Å². The fraction of sp³-hybridized carbons (Fsp3) is 0.154. The first-order chi connectivity index (χ1) is 17.5. The van der Waals surface area contributed by atoms with Crippen LogP contribution in [0.5, 0.6) is 5.75 Å². The van der Waals surface area contributed by atoms with Gasteiger partial charge >= 0.3 is 0 Å². The first-order valence-corrected chi connectivity index (χ1v) is 12.4. The average Bonchev–Trinajstić information content (AvgIpc) is 3.26. The number of aromatic nitrogens is 3. The molecule has 1 unspecified atom stereocenters. The van der Waals surface area contributed by atoms with Crippen LogP contribution in [0.2, 0.25) is 5.02 Å². The molecule has 0 aliphatic carbocycles. The van der Waals surface area contributed by atoms with Gasteiger partial charge in [-0.2, -0.15) is 5.10 Å². The number of rotatable bonds is 10. The van der Waals surface area contributed by atoms with Crippen LogP contribution in [0.1, 0.15) is 18.3 Å². The topological polar surface area (TPSA) is 104 Å². The quantitative estimate of drug-likeness (QED) is 0.115. The minimum absolute atomic E-state index is 0.0892. The predicted octanol–water partition coefficient (Wildman–Crippen LogP) is 5.22. The summed E-state index contributed by atoms with van der Waals surface area (Å²) in [5.74, 6) is 0.501. The molecule has 0 saturated carbocycles. The molecule has 0 saturated heterocycles. The molecule has 0 radical (unpaired) electrons. The van der Waals surface area contributed by atoms with E-state index in [1.54, 1.807) is 19.1 Å². The van der Waals surface area contributed by atoms with E-state index in [2.05, 4.69) is 32.6 Å². The van der Waals surface area contributed by atoms with Crippen LogP contribution in [0.3, 0.4) is 0 Å². The normalized spacial score (nSPS) is 12.1. The number of halogens is 1. The van der Waals surface area contributed by atoms with Gasteiger partial charge in [0.2, 0.25) is 0 Å². The van der Waals surface area contributed by atoms with Crippen molar-refractivity contribution in [2.24, 2.45) is 5.10 Å². The molecule has 4 aromatic rings. The van der Waals surface area contributed by atoms with E-state index in [1.807, 2.05) is 59.2 Å². The Morgan fingerprint density at radius 1 is 1.19 bits per heavy atom. The highest BCUT2D eigenvalue weighted by Gasteiger charge is 2.19. The third-order valence-electron chi connectivity index (χ3n) is 5.37. The van der Waals surface area contributed by atoms with Crippen LogP contribution in [0, 0.1) is 0 Å². The number of aromatic hydroxyl groups is 1. The van der Waals surface area contributed by atoms with Gasteiger partial charge in [0.05, 0.1) is 18.0 Å². The average molecular weight is 521 g/mol. The number of fused-ring (bicyclic) bond motifs is 1. The summed E-state index contributed by atoms with van der Waals surface area (Å²) in [6.07, 6.45) is 3.21. The molecule has 3 aromatic carbocycles. The number of amides is 1. The van der Waals surface area contributed by atoms with Crippen molar-refractivity contribution in [1.82, 2.24) is 20.2 Å². The van der Waals surface area contributed by atoms with E-state index in [0.717, 1.165) is 16.5 Å². The summed E-state index contributed by atoms with van der Waals surface area (Å²) in [6, 6.07) is 18.5. The van der Waals surface area contributed by atoms with Crippen LogP contribution in [0.25, 0.3) is 10.8 Å². The van der Waals surface area contributed by atoms with Gasteiger partial charge < -0.3 is 15.0 Å². The highest BCUT2D eigenvalue weighted by molar-refractivity contribution is 8.00. The lowest BCUT2D eigenvalue weighted by molar-refractivity contribution is -0.120. The molecule has 1 heterocycles. The van der Waals surface area contributed by atoms with Crippen LogP contribution in [0.15, 0.2) is 83.6 Å². The minimum Gasteiger partial charge on any atom is -0.507 e. The molecule has 36 heavy (non-hydrogen) atoms. The highest BCUT2D eigenvalue weighted by Crippen LogP contribution is 2.26. The van der Waals surface area contributed by atoms with Crippen molar-refractivity contribution < 1.29 is 9.90 Å². The largest absolute Gasteiger partial charge is 0.507 e. The lowest BCUT2D eigenvalue weighted by Gasteiger charge is -2.12. The molecular weight excluding hydrogens is 496 g/mol. The number of anilines is 1. The van der Waals surface area contributed by atoms with Gasteiger partial charge in [-0.05, 0) is 48.0 Å². The van der Waals surface area contributed by atoms with Gasteiger partial charge in [0.25, 0.3) is 5.91 Å². The van der Waals surface area contributed by atoms with Crippen LogP contribution in [-0.2, 0) is 17.9 Å². The number of phenols is 1. The number of nitrogens with one attached hydrogen (secondary N) is 2. The van der Waals surface area contributed by atoms with Gasteiger partial charge in [-0.1, -0.05) is 59.8 Å². The molecule has 1 aromatic heterocycles. The van der Waals surface area contributed by atoms with E-state index < -0.39 is 5.25 Å². The Hall–Kier alpha value is -3.82. The van der Waals surface area contributed by atoms with Crippen molar-refractivity contribution >= 4 is 51.9 Å². The number of carbonyl (C=O) groups is 1. The zero-order valence-corrected chi connectivity index (χ0v) is 21.1. The number of hydrazone groups is 1. The summed E-state index contributed by atoms with van der Waals surface area (Å²) in [5, 5.41) is 28.8. The van der Waals surface area contributed by atoms with E-state index in [0.29, 0.717) is 34.7 Å². The Balaban J connectivity index is 1.40. The molecule has 0 fully saturated rings. The van der Waals surface area contributed by atoms with Crippen LogP contribution >= 0.6 is 23.4 Å². The molecule has 8 nitrogen and oxygen atoms in total. The monoisotopic (exact) mass is 520 g/mol. The number of phenolic OH excluding ortho intramolecular Hbond substituents is 1. The van der Waals surface area contributed by atoms with Crippen LogP contribution < -0.4 is 10.7 Å². The van der Waals surface area contributed by atoms with Crippen molar-refractivity contribution in [1.29, 1.82) is 0 Å². The van der Waals surface area contributed by atoms with Crippen molar-refractivity contribution in [3.8, 4) is 5.75 Å². The maximum absolute atomic E-state index is 12.7. The summed E-state index contributed by atoms with van der Waals surface area (Å²) < 4.78 is 1.90. The SMILES string of the molecule is C=CCn1c(CNc2ccc(Cl)cc2)nnc1SC(C)C(=O)NN=Cc1c(O)ccc2ccccc12. The molecule has 4 rings (SSSR count). The first-order valence-electron chi connectivity index (χ1n) is 11.2. The standard InChI is InChI=1S/C26H25ClN6O2S/c1-3-14-33-24(16-28-20-11-9-19(27)10-12-20)30-32-26(33)36-17(2)25(35)31-29-15-22-21-7-5-4-6-18(21)8-13-23(22)34/h3-13,15,17,28,34H,1,14,16H2,2H3,(H,31,35). The predicted molar refractivity (Wildman–Crippen MR) is 146 cm³/mol. The fourth-order valence-electron chi connectivity index (χ4n) is 3.48. The maximum Gasteiger partial charge on any atom is 0.253 e. The molecule has 10 heteroatoms. The number of benzene rings is 3. The number of carbonyl (C=O) groups excluding carboxylic acids is 1. The van der Waals surface area contributed by atoms with Crippen LogP contribution in [0.4, 0.5) is 5.69 Å². The highest BCUT2D eigenvalue weighted by atomic mass is 35.5. The van der Waals surface area contributed by atoms with Crippen LogP contribution in [-0.4, -0.2) is 37.2 Å². The van der Waals surface area contributed by atoms with Gasteiger partial charge in [0.1, 0.15) is 5.75 Å². The van der Waals surface area contributed by atoms with Gasteiger partial charge in [0, 0.05) is 22.8 Å². The summed E-state index contributed by atoms with van der Waals surface area (Å²) >= 11 is 7.22. The van der Waals surface area contributed by atoms with Crippen molar-refractivity contribution in [3.05, 3.63) is 89.7 Å². The molecule has 0 bridgehead atoms. The second-order valence-electron chi connectivity index (χ2n) is 7.87. The zero-order chi connectivity index (χ0) is 25.5. The van der Waals surface area contributed by atoms with Crippen molar-refractivity contribution in [2.75, 3.05) is 5.32 Å². The second kappa shape index (κ2) is 11.7. The fourth-order valence-corrected chi connectivity index (χ4v) is 4.48. The van der Waals surface area contributed by atoms with Gasteiger partial charge in [-0.3, -0.25) is 4.79 Å². The summed E-state index contributed by atoms with van der Waals surface area (Å²) in [6.45, 7) is 6.53. The Morgan fingerprint density at radius 3 is 2.75 bits per heavy atom. The number of thioether (sulfide) groups is 1. The molecule has 0 aliphatic rings. The molecule has 0 aliphatic heterocycles. The summed E-state index contributed by atoms with van der Waals surface area (Å²) in [7, 11) is 0. The number of nitrogens with zero attached hydrogens (tertiary/aromatic N) is 4. The molecule has 184 valence electrons. The second-order valence-corrected chi connectivity index (χ2v) is 9.62.